The van der Waals surface area contributed by atoms with E-state index < -0.39 is 30.2 Å². The first-order chi connectivity index (χ1) is 9.77. The van der Waals surface area contributed by atoms with Gasteiger partial charge in [0.15, 0.2) is 0 Å². The van der Waals surface area contributed by atoms with E-state index >= 15 is 0 Å². The standard InChI is InChI=1S/C13H20F3N3O2/c1-19-6-5-10(11(19)20)18-12(21)17-9-4-2-3-8(7-9)13(14,15)16/h8-10H,2-7H2,1H3,(H2,17,18,21). The number of halogens is 3. The van der Waals surface area contributed by atoms with Crippen molar-refractivity contribution < 1.29 is 22.8 Å². The predicted molar refractivity (Wildman–Crippen MR) is 69.5 cm³/mol. The van der Waals surface area contributed by atoms with E-state index in [1.807, 2.05) is 0 Å². The summed E-state index contributed by atoms with van der Waals surface area (Å²) in [5.74, 6) is -1.52. The van der Waals surface area contributed by atoms with E-state index in [0.29, 0.717) is 25.8 Å². The van der Waals surface area contributed by atoms with E-state index in [2.05, 4.69) is 10.6 Å². The zero-order valence-corrected chi connectivity index (χ0v) is 11.9. The van der Waals surface area contributed by atoms with Gasteiger partial charge in [-0.15, -0.1) is 0 Å². The predicted octanol–water partition coefficient (Wildman–Crippen LogP) is 1.64. The highest BCUT2D eigenvalue weighted by atomic mass is 19.4. The molecule has 0 aromatic carbocycles. The summed E-state index contributed by atoms with van der Waals surface area (Å²) in [7, 11) is 1.65. The molecule has 2 N–H and O–H groups in total. The number of carbonyl (C=O) groups excluding carboxylic acids is 2. The van der Waals surface area contributed by atoms with E-state index in [1.54, 1.807) is 7.05 Å². The third-order valence-corrected chi connectivity index (χ3v) is 4.21. The van der Waals surface area contributed by atoms with Gasteiger partial charge in [-0.2, -0.15) is 13.2 Å². The largest absolute Gasteiger partial charge is 0.391 e. The first-order valence-electron chi connectivity index (χ1n) is 7.16. The molecule has 2 rings (SSSR count). The Bertz CT molecular complexity index is 414. The SMILES string of the molecule is CN1CCC(NC(=O)NC2CCCC(C(F)(F)F)C2)C1=O. The summed E-state index contributed by atoms with van der Waals surface area (Å²) in [6, 6.07) is -1.62. The fourth-order valence-electron chi connectivity index (χ4n) is 2.96. The normalized spacial score (nSPS) is 30.4. The fourth-order valence-corrected chi connectivity index (χ4v) is 2.96. The van der Waals surface area contributed by atoms with Crippen LogP contribution in [0.2, 0.25) is 0 Å². The molecule has 21 heavy (non-hydrogen) atoms. The van der Waals surface area contributed by atoms with Crippen molar-refractivity contribution in [3.8, 4) is 0 Å². The third-order valence-electron chi connectivity index (χ3n) is 4.21. The molecule has 8 heteroatoms. The Morgan fingerprint density at radius 1 is 1.24 bits per heavy atom. The average Bonchev–Trinajstić information content (AvgIpc) is 2.70. The molecule has 3 unspecified atom stereocenters. The molecule has 5 nitrogen and oxygen atoms in total. The number of likely N-dealkylation sites (tertiary alicyclic amines) is 1. The maximum absolute atomic E-state index is 12.7. The van der Waals surface area contributed by atoms with Gasteiger partial charge in [-0.05, 0) is 25.7 Å². The van der Waals surface area contributed by atoms with Crippen LogP contribution in [0.25, 0.3) is 0 Å². The molecule has 3 atom stereocenters. The number of amides is 3. The van der Waals surface area contributed by atoms with E-state index in [-0.39, 0.29) is 18.7 Å². The average molecular weight is 307 g/mol. The second kappa shape index (κ2) is 6.11. The molecular weight excluding hydrogens is 287 g/mol. The number of likely N-dealkylation sites (N-methyl/N-ethyl adjacent to an activating group) is 1. The molecule has 120 valence electrons. The summed E-state index contributed by atoms with van der Waals surface area (Å²) in [5.41, 5.74) is 0. The Kier molecular flexibility index (Phi) is 4.63. The van der Waals surface area contributed by atoms with Gasteiger partial charge in [-0.25, -0.2) is 4.79 Å². The Hall–Kier alpha value is -1.47. The van der Waals surface area contributed by atoms with Crippen LogP contribution in [0.3, 0.4) is 0 Å². The molecule has 0 bridgehead atoms. The van der Waals surface area contributed by atoms with E-state index in [4.69, 9.17) is 0 Å². The molecule has 0 spiro atoms. The Morgan fingerprint density at radius 3 is 2.52 bits per heavy atom. The maximum Gasteiger partial charge on any atom is 0.391 e. The maximum atomic E-state index is 12.7. The summed E-state index contributed by atoms with van der Waals surface area (Å²) in [6.45, 7) is 0.573. The van der Waals surface area contributed by atoms with Crippen LogP contribution in [0.1, 0.15) is 32.1 Å². The highest BCUT2D eigenvalue weighted by Gasteiger charge is 2.42. The quantitative estimate of drug-likeness (QED) is 0.814. The molecule has 1 heterocycles. The Balaban J connectivity index is 1.81. The first kappa shape index (κ1) is 15.9. The van der Waals surface area contributed by atoms with Crippen molar-refractivity contribution in [1.82, 2.24) is 15.5 Å². The first-order valence-corrected chi connectivity index (χ1v) is 7.16. The molecular formula is C13H20F3N3O2. The van der Waals surface area contributed by atoms with Crippen molar-refractivity contribution >= 4 is 11.9 Å². The second-order valence-corrected chi connectivity index (χ2v) is 5.82. The van der Waals surface area contributed by atoms with Gasteiger partial charge < -0.3 is 15.5 Å². The second-order valence-electron chi connectivity index (χ2n) is 5.82. The lowest BCUT2D eigenvalue weighted by Gasteiger charge is -2.31. The van der Waals surface area contributed by atoms with Gasteiger partial charge in [-0.3, -0.25) is 4.79 Å². The molecule has 1 saturated heterocycles. The highest BCUT2D eigenvalue weighted by Crippen LogP contribution is 2.37. The van der Waals surface area contributed by atoms with Gasteiger partial charge in [0.2, 0.25) is 5.91 Å². The number of rotatable bonds is 2. The molecule has 2 fully saturated rings. The van der Waals surface area contributed by atoms with Gasteiger partial charge in [0.1, 0.15) is 6.04 Å². The molecule has 2 aliphatic rings. The number of alkyl halides is 3. The third kappa shape index (κ3) is 4.01. The zero-order chi connectivity index (χ0) is 15.6. The number of urea groups is 1. The Labute approximate surface area is 121 Å². The number of carbonyl (C=O) groups is 2. The van der Waals surface area contributed by atoms with Crippen molar-refractivity contribution in [3.63, 3.8) is 0 Å². The molecule has 3 amide bonds. The minimum Gasteiger partial charge on any atom is -0.344 e. The van der Waals surface area contributed by atoms with Crippen LogP contribution >= 0.6 is 0 Å². The van der Waals surface area contributed by atoms with Crippen LogP contribution < -0.4 is 10.6 Å². The molecule has 1 aliphatic heterocycles. The lowest BCUT2D eigenvalue weighted by Crippen LogP contribution is -2.50. The van der Waals surface area contributed by atoms with Crippen molar-refractivity contribution in [2.45, 2.75) is 50.4 Å². The lowest BCUT2D eigenvalue weighted by atomic mass is 9.85. The van der Waals surface area contributed by atoms with Gasteiger partial charge in [-0.1, -0.05) is 6.42 Å². The zero-order valence-electron chi connectivity index (χ0n) is 11.9. The number of hydrogen-bond acceptors (Lipinski definition) is 2. The molecule has 0 aromatic heterocycles. The van der Waals surface area contributed by atoms with E-state index in [1.165, 1.54) is 4.90 Å². The smallest absolute Gasteiger partial charge is 0.344 e. The Morgan fingerprint density at radius 2 is 1.95 bits per heavy atom. The van der Waals surface area contributed by atoms with Crippen LogP contribution in [0, 0.1) is 5.92 Å². The molecule has 0 aromatic rings. The minimum absolute atomic E-state index is 0.0879. The van der Waals surface area contributed by atoms with Crippen molar-refractivity contribution in [1.29, 1.82) is 0 Å². The topological polar surface area (TPSA) is 61.4 Å². The summed E-state index contributed by atoms with van der Waals surface area (Å²) in [4.78, 5) is 25.0. The monoisotopic (exact) mass is 307 g/mol. The van der Waals surface area contributed by atoms with Gasteiger partial charge in [0, 0.05) is 19.6 Å². The van der Waals surface area contributed by atoms with E-state index in [0.717, 1.165) is 0 Å². The molecule has 0 radical (unpaired) electrons. The summed E-state index contributed by atoms with van der Waals surface area (Å²) in [5, 5.41) is 5.10. The summed E-state index contributed by atoms with van der Waals surface area (Å²) in [6.07, 6.45) is -2.66. The van der Waals surface area contributed by atoms with Crippen LogP contribution in [0.5, 0.6) is 0 Å². The van der Waals surface area contributed by atoms with Crippen molar-refractivity contribution in [3.05, 3.63) is 0 Å². The lowest BCUT2D eigenvalue weighted by molar-refractivity contribution is -0.183. The van der Waals surface area contributed by atoms with Gasteiger partial charge in [0.25, 0.3) is 0 Å². The van der Waals surface area contributed by atoms with Crippen molar-refractivity contribution in [2.75, 3.05) is 13.6 Å². The highest BCUT2D eigenvalue weighted by molar-refractivity contribution is 5.88. The fraction of sp³-hybridized carbons (Fsp3) is 0.846. The summed E-state index contributed by atoms with van der Waals surface area (Å²) >= 11 is 0. The van der Waals surface area contributed by atoms with Crippen LogP contribution in [-0.4, -0.2) is 48.7 Å². The summed E-state index contributed by atoms with van der Waals surface area (Å²) < 4.78 is 38.1. The van der Waals surface area contributed by atoms with Crippen LogP contribution in [-0.2, 0) is 4.79 Å². The van der Waals surface area contributed by atoms with E-state index in [9.17, 15) is 22.8 Å². The van der Waals surface area contributed by atoms with Crippen LogP contribution in [0.15, 0.2) is 0 Å². The van der Waals surface area contributed by atoms with Gasteiger partial charge >= 0.3 is 12.2 Å². The van der Waals surface area contributed by atoms with Crippen molar-refractivity contribution in [2.24, 2.45) is 5.92 Å². The van der Waals surface area contributed by atoms with Gasteiger partial charge in [0.05, 0.1) is 5.92 Å². The minimum atomic E-state index is -4.21. The number of nitrogens with zero attached hydrogens (tertiary/aromatic N) is 1. The molecule has 1 aliphatic carbocycles. The number of hydrogen-bond donors (Lipinski definition) is 2. The number of nitrogens with one attached hydrogen (secondary N) is 2. The van der Waals surface area contributed by atoms with Crippen LogP contribution in [0.4, 0.5) is 18.0 Å². The molecule has 1 saturated carbocycles.